The second-order valence-electron chi connectivity index (χ2n) is 4.81. The third kappa shape index (κ3) is 3.09. The molecule has 2 nitrogen and oxygen atoms in total. The quantitative estimate of drug-likeness (QED) is 0.722. The molecular weight excluding hydrogens is 278 g/mol. The third-order valence-corrected chi connectivity index (χ3v) is 4.20. The molecule has 1 aromatic heterocycles. The zero-order chi connectivity index (χ0) is 14.7. The maximum Gasteiger partial charge on any atom is 0.203 e. The average Bonchev–Trinajstić information content (AvgIpc) is 2.52. The lowest BCUT2D eigenvalue weighted by atomic mass is 10.1. The SMILES string of the molecule is Cn1cc(Sc2ccccc2)c(=O)c(-c2ccccc2)c1. The van der Waals surface area contributed by atoms with Gasteiger partial charge in [-0.15, -0.1) is 0 Å². The number of benzene rings is 2. The van der Waals surface area contributed by atoms with Crippen molar-refractivity contribution in [1.82, 2.24) is 4.57 Å². The van der Waals surface area contributed by atoms with Crippen molar-refractivity contribution in [2.45, 2.75) is 9.79 Å². The van der Waals surface area contributed by atoms with Crippen LogP contribution in [0.5, 0.6) is 0 Å². The number of aryl methyl sites for hydroxylation is 1. The summed E-state index contributed by atoms with van der Waals surface area (Å²) < 4.78 is 1.94. The Labute approximate surface area is 128 Å². The first-order valence-electron chi connectivity index (χ1n) is 6.72. The maximum absolute atomic E-state index is 12.7. The highest BCUT2D eigenvalue weighted by molar-refractivity contribution is 7.99. The van der Waals surface area contributed by atoms with E-state index < -0.39 is 0 Å². The van der Waals surface area contributed by atoms with Crippen molar-refractivity contribution in [2.24, 2.45) is 7.05 Å². The summed E-state index contributed by atoms with van der Waals surface area (Å²) in [6, 6.07) is 19.7. The molecule has 1 heterocycles. The highest BCUT2D eigenvalue weighted by Gasteiger charge is 2.09. The summed E-state index contributed by atoms with van der Waals surface area (Å²) >= 11 is 1.50. The van der Waals surface area contributed by atoms with E-state index in [4.69, 9.17) is 0 Å². The van der Waals surface area contributed by atoms with Crippen LogP contribution in [0.15, 0.2) is 87.6 Å². The van der Waals surface area contributed by atoms with Gasteiger partial charge in [0.15, 0.2) is 0 Å². The van der Waals surface area contributed by atoms with E-state index in [9.17, 15) is 4.79 Å². The molecule has 0 bridgehead atoms. The highest BCUT2D eigenvalue weighted by atomic mass is 32.2. The van der Waals surface area contributed by atoms with E-state index >= 15 is 0 Å². The van der Waals surface area contributed by atoms with Crippen LogP contribution in [0.4, 0.5) is 0 Å². The molecule has 0 amide bonds. The van der Waals surface area contributed by atoms with Crippen LogP contribution in [-0.4, -0.2) is 4.57 Å². The molecule has 0 saturated heterocycles. The molecule has 104 valence electrons. The molecule has 2 aromatic carbocycles. The van der Waals surface area contributed by atoms with Crippen LogP contribution in [0.1, 0.15) is 0 Å². The van der Waals surface area contributed by atoms with Gasteiger partial charge in [0, 0.05) is 29.9 Å². The Morgan fingerprint density at radius 1 is 0.857 bits per heavy atom. The third-order valence-electron chi connectivity index (χ3n) is 3.18. The van der Waals surface area contributed by atoms with Gasteiger partial charge < -0.3 is 4.57 Å². The van der Waals surface area contributed by atoms with E-state index in [0.717, 1.165) is 20.9 Å². The topological polar surface area (TPSA) is 22.0 Å². The summed E-state index contributed by atoms with van der Waals surface area (Å²) in [5.41, 5.74) is 1.76. The van der Waals surface area contributed by atoms with E-state index in [-0.39, 0.29) is 5.43 Å². The van der Waals surface area contributed by atoms with Crippen molar-refractivity contribution < 1.29 is 0 Å². The number of pyridine rings is 1. The van der Waals surface area contributed by atoms with E-state index in [2.05, 4.69) is 0 Å². The van der Waals surface area contributed by atoms with Crippen LogP contribution in [0.2, 0.25) is 0 Å². The molecule has 0 fully saturated rings. The monoisotopic (exact) mass is 293 g/mol. The standard InChI is InChI=1S/C18H15NOS/c1-19-12-16(14-8-4-2-5-9-14)18(20)17(13-19)21-15-10-6-3-7-11-15/h2-13H,1H3. The molecule has 0 aliphatic rings. The number of aromatic nitrogens is 1. The Bertz CT molecular complexity index is 794. The molecule has 3 heteroatoms. The zero-order valence-corrected chi connectivity index (χ0v) is 12.5. The van der Waals surface area contributed by atoms with Crippen LogP contribution < -0.4 is 5.43 Å². The Balaban J connectivity index is 2.07. The normalized spacial score (nSPS) is 10.5. The molecule has 3 rings (SSSR count). The molecule has 0 aliphatic carbocycles. The average molecular weight is 293 g/mol. The Morgan fingerprint density at radius 2 is 1.48 bits per heavy atom. The minimum atomic E-state index is 0.0770. The fourth-order valence-electron chi connectivity index (χ4n) is 2.19. The number of rotatable bonds is 3. The summed E-state index contributed by atoms with van der Waals surface area (Å²) in [5, 5.41) is 0. The van der Waals surface area contributed by atoms with Gasteiger partial charge >= 0.3 is 0 Å². The summed E-state index contributed by atoms with van der Waals surface area (Å²) in [6.07, 6.45) is 3.76. The van der Waals surface area contributed by atoms with Crippen LogP contribution in [-0.2, 0) is 7.05 Å². The largest absolute Gasteiger partial charge is 0.355 e. The minimum absolute atomic E-state index is 0.0770. The Morgan fingerprint density at radius 3 is 2.14 bits per heavy atom. The van der Waals surface area contributed by atoms with Gasteiger partial charge in [0.05, 0.1) is 4.90 Å². The molecule has 0 aliphatic heterocycles. The van der Waals surface area contributed by atoms with Crippen molar-refractivity contribution in [3.05, 3.63) is 83.3 Å². The smallest absolute Gasteiger partial charge is 0.203 e. The van der Waals surface area contributed by atoms with Gasteiger partial charge in [-0.3, -0.25) is 4.79 Å². The lowest BCUT2D eigenvalue weighted by Crippen LogP contribution is -2.10. The van der Waals surface area contributed by atoms with Gasteiger partial charge in [0.1, 0.15) is 0 Å². The van der Waals surface area contributed by atoms with E-state index in [0.29, 0.717) is 0 Å². The number of hydrogen-bond donors (Lipinski definition) is 0. The van der Waals surface area contributed by atoms with Crippen LogP contribution in [0, 0.1) is 0 Å². The van der Waals surface area contributed by atoms with Crippen LogP contribution in [0.3, 0.4) is 0 Å². The summed E-state index contributed by atoms with van der Waals surface area (Å²) in [4.78, 5) is 14.5. The second-order valence-corrected chi connectivity index (χ2v) is 5.93. The molecule has 21 heavy (non-hydrogen) atoms. The summed E-state index contributed by atoms with van der Waals surface area (Å²) in [6.45, 7) is 0. The first-order valence-corrected chi connectivity index (χ1v) is 7.54. The zero-order valence-electron chi connectivity index (χ0n) is 11.7. The molecule has 0 atom stereocenters. The predicted octanol–water partition coefficient (Wildman–Crippen LogP) is 4.20. The maximum atomic E-state index is 12.7. The highest BCUT2D eigenvalue weighted by Crippen LogP contribution is 2.26. The first kappa shape index (κ1) is 13.7. The molecule has 0 N–H and O–H groups in total. The van der Waals surface area contributed by atoms with Gasteiger partial charge in [-0.25, -0.2) is 0 Å². The second kappa shape index (κ2) is 6.02. The van der Waals surface area contributed by atoms with E-state index in [1.54, 1.807) is 0 Å². The van der Waals surface area contributed by atoms with Crippen LogP contribution in [0.25, 0.3) is 11.1 Å². The summed E-state index contributed by atoms with van der Waals surface area (Å²) in [7, 11) is 1.95. The van der Waals surface area contributed by atoms with E-state index in [1.807, 2.05) is 84.7 Å². The Hall–Kier alpha value is -2.26. The van der Waals surface area contributed by atoms with Gasteiger partial charge in [-0.2, -0.15) is 0 Å². The van der Waals surface area contributed by atoms with Crippen molar-refractivity contribution in [3.63, 3.8) is 0 Å². The van der Waals surface area contributed by atoms with Crippen LogP contribution >= 0.6 is 11.8 Å². The van der Waals surface area contributed by atoms with Crippen molar-refractivity contribution in [2.75, 3.05) is 0 Å². The molecule has 0 spiro atoms. The first-order chi connectivity index (χ1) is 10.2. The predicted molar refractivity (Wildman–Crippen MR) is 87.7 cm³/mol. The lowest BCUT2D eigenvalue weighted by molar-refractivity contribution is 0.877. The lowest BCUT2D eigenvalue weighted by Gasteiger charge is -2.08. The molecule has 3 aromatic rings. The minimum Gasteiger partial charge on any atom is -0.355 e. The van der Waals surface area contributed by atoms with Crippen molar-refractivity contribution in [3.8, 4) is 11.1 Å². The van der Waals surface area contributed by atoms with Gasteiger partial charge in [-0.1, -0.05) is 60.3 Å². The van der Waals surface area contributed by atoms with Gasteiger partial charge in [0.2, 0.25) is 5.43 Å². The van der Waals surface area contributed by atoms with Gasteiger partial charge in [0.25, 0.3) is 0 Å². The van der Waals surface area contributed by atoms with E-state index in [1.165, 1.54) is 11.8 Å². The summed E-state index contributed by atoms with van der Waals surface area (Å²) in [5.74, 6) is 0. The fourth-order valence-corrected chi connectivity index (χ4v) is 3.16. The molecule has 0 unspecified atom stereocenters. The molecular formula is C18H15NOS. The fraction of sp³-hybridized carbons (Fsp3) is 0.0556. The Kier molecular flexibility index (Phi) is 3.93. The van der Waals surface area contributed by atoms with Crippen molar-refractivity contribution >= 4 is 11.8 Å². The van der Waals surface area contributed by atoms with Gasteiger partial charge in [-0.05, 0) is 17.7 Å². The molecule has 0 saturated carbocycles. The number of nitrogens with zero attached hydrogens (tertiary/aromatic N) is 1. The number of hydrogen-bond acceptors (Lipinski definition) is 2. The molecule has 0 radical (unpaired) electrons. The van der Waals surface area contributed by atoms with Crippen molar-refractivity contribution in [1.29, 1.82) is 0 Å².